The molecule has 2 heterocycles. The van der Waals surface area contributed by atoms with Gasteiger partial charge in [-0.1, -0.05) is 135 Å². The summed E-state index contributed by atoms with van der Waals surface area (Å²) >= 11 is 0. The van der Waals surface area contributed by atoms with Gasteiger partial charge < -0.3 is 13.9 Å². The standard InChI is InChI=1S/C55H38N2O/c1-55(2)49-23-13-11-20-41(49)42-28-26-38(32-50(42)55)56(36-15-5-3-6-16-36)39-27-29-43-47-31-35(25-30-51(47)57(52(43)33-39)37-17-7-4-8-18-37)46-34-48-44-21-12-14-24-53(44)58-54(48)45-22-10-9-19-40(45)46/h3-34H,1-2H3. The summed E-state index contributed by atoms with van der Waals surface area (Å²) < 4.78 is 8.90. The highest BCUT2D eigenvalue weighted by molar-refractivity contribution is 6.20. The van der Waals surface area contributed by atoms with Gasteiger partial charge in [-0.25, -0.2) is 0 Å². The SMILES string of the molecule is CC1(C)c2ccccc2-c2ccc(N(c3ccccc3)c3ccc4c5cc(-c6cc7c8ccccc8oc7c7ccccc67)ccc5n(-c5ccccc5)c4c3)cc21. The van der Waals surface area contributed by atoms with Crippen LogP contribution in [0.3, 0.4) is 0 Å². The van der Waals surface area contributed by atoms with E-state index >= 15 is 0 Å². The molecule has 0 amide bonds. The maximum atomic E-state index is 6.47. The molecule has 0 atom stereocenters. The Morgan fingerprint density at radius 3 is 1.93 bits per heavy atom. The van der Waals surface area contributed by atoms with Gasteiger partial charge in [-0.15, -0.1) is 0 Å². The Labute approximate surface area is 336 Å². The summed E-state index contributed by atoms with van der Waals surface area (Å²) in [5.74, 6) is 0. The zero-order valence-electron chi connectivity index (χ0n) is 32.3. The van der Waals surface area contributed by atoms with Crippen LogP contribution in [0.25, 0.3) is 82.5 Å². The number of para-hydroxylation sites is 3. The van der Waals surface area contributed by atoms with Gasteiger partial charge in [0, 0.05) is 55.1 Å². The van der Waals surface area contributed by atoms with Gasteiger partial charge in [0.05, 0.1) is 11.0 Å². The Morgan fingerprint density at radius 2 is 1.09 bits per heavy atom. The third-order valence-corrected chi connectivity index (χ3v) is 12.6. The fourth-order valence-electron chi connectivity index (χ4n) is 9.81. The quantitative estimate of drug-likeness (QED) is 0.175. The average molecular weight is 743 g/mol. The van der Waals surface area contributed by atoms with Crippen molar-refractivity contribution in [3.05, 3.63) is 205 Å². The van der Waals surface area contributed by atoms with Crippen molar-refractivity contribution in [2.45, 2.75) is 19.3 Å². The molecule has 58 heavy (non-hydrogen) atoms. The van der Waals surface area contributed by atoms with Crippen LogP contribution in [-0.4, -0.2) is 4.57 Å². The van der Waals surface area contributed by atoms with E-state index < -0.39 is 0 Å². The van der Waals surface area contributed by atoms with Crippen LogP contribution in [0, 0.1) is 0 Å². The summed E-state index contributed by atoms with van der Waals surface area (Å²) in [7, 11) is 0. The first kappa shape index (κ1) is 32.8. The number of furan rings is 1. The fourth-order valence-corrected chi connectivity index (χ4v) is 9.81. The normalized spacial score (nSPS) is 13.1. The van der Waals surface area contributed by atoms with E-state index in [-0.39, 0.29) is 5.41 Å². The highest BCUT2D eigenvalue weighted by atomic mass is 16.3. The maximum Gasteiger partial charge on any atom is 0.143 e. The minimum absolute atomic E-state index is 0.105. The van der Waals surface area contributed by atoms with Crippen LogP contribution in [0.1, 0.15) is 25.0 Å². The second-order valence-corrected chi connectivity index (χ2v) is 16.1. The molecule has 0 saturated carbocycles. The van der Waals surface area contributed by atoms with E-state index in [1.807, 2.05) is 6.07 Å². The maximum absolute atomic E-state index is 6.47. The molecule has 2 aromatic heterocycles. The van der Waals surface area contributed by atoms with Crippen molar-refractivity contribution < 1.29 is 4.42 Å². The van der Waals surface area contributed by atoms with Crippen LogP contribution in [0.5, 0.6) is 0 Å². The van der Waals surface area contributed by atoms with Crippen LogP contribution in [-0.2, 0) is 5.41 Å². The lowest BCUT2D eigenvalue weighted by molar-refractivity contribution is 0.660. The van der Waals surface area contributed by atoms with E-state index in [0.29, 0.717) is 0 Å². The van der Waals surface area contributed by atoms with Gasteiger partial charge in [0.1, 0.15) is 11.2 Å². The Hall–Kier alpha value is -7.36. The van der Waals surface area contributed by atoms with Crippen LogP contribution in [0.15, 0.2) is 199 Å². The van der Waals surface area contributed by atoms with Crippen LogP contribution < -0.4 is 4.90 Å². The highest BCUT2D eigenvalue weighted by Gasteiger charge is 2.35. The first-order valence-electron chi connectivity index (χ1n) is 20.1. The molecule has 3 heteroatoms. The third-order valence-electron chi connectivity index (χ3n) is 12.6. The van der Waals surface area contributed by atoms with Gasteiger partial charge in [0.25, 0.3) is 0 Å². The first-order chi connectivity index (χ1) is 28.5. The molecule has 0 bridgehead atoms. The van der Waals surface area contributed by atoms with Crippen molar-refractivity contribution in [1.82, 2.24) is 4.57 Å². The second-order valence-electron chi connectivity index (χ2n) is 16.1. The molecule has 1 aliphatic carbocycles. The van der Waals surface area contributed by atoms with Crippen LogP contribution in [0.4, 0.5) is 17.1 Å². The summed E-state index contributed by atoms with van der Waals surface area (Å²) in [4.78, 5) is 2.41. The van der Waals surface area contributed by atoms with Gasteiger partial charge >= 0.3 is 0 Å². The molecule has 0 fully saturated rings. The number of fused-ring (bicyclic) bond motifs is 11. The number of benzene rings is 9. The molecule has 0 unspecified atom stereocenters. The molecule has 12 rings (SSSR count). The van der Waals surface area contributed by atoms with E-state index in [0.717, 1.165) is 55.6 Å². The number of nitrogens with zero attached hydrogens (tertiary/aromatic N) is 2. The summed E-state index contributed by atoms with van der Waals surface area (Å²) in [6.07, 6.45) is 0. The Balaban J connectivity index is 1.08. The van der Waals surface area contributed by atoms with Crippen LogP contribution in [0.2, 0.25) is 0 Å². The van der Waals surface area contributed by atoms with Gasteiger partial charge in [-0.3, -0.25) is 0 Å². The summed E-state index contributed by atoms with van der Waals surface area (Å²) in [5, 5.41) is 7.01. The molecule has 0 saturated heterocycles. The van der Waals surface area contributed by atoms with Crippen LogP contribution >= 0.6 is 0 Å². The molecule has 0 aliphatic heterocycles. The molecule has 0 spiro atoms. The zero-order valence-corrected chi connectivity index (χ0v) is 32.3. The lowest BCUT2D eigenvalue weighted by atomic mass is 9.82. The van der Waals surface area contributed by atoms with Crippen molar-refractivity contribution in [1.29, 1.82) is 0 Å². The molecule has 0 radical (unpaired) electrons. The van der Waals surface area contributed by atoms with Gasteiger partial charge in [0.2, 0.25) is 0 Å². The smallest absolute Gasteiger partial charge is 0.143 e. The number of aromatic nitrogens is 1. The van der Waals surface area contributed by atoms with Crippen molar-refractivity contribution in [3.63, 3.8) is 0 Å². The highest BCUT2D eigenvalue weighted by Crippen LogP contribution is 2.51. The molecule has 9 aromatic carbocycles. The summed E-state index contributed by atoms with van der Waals surface area (Å²) in [6.45, 7) is 4.70. The molecule has 1 aliphatic rings. The molecular formula is C55H38N2O. The topological polar surface area (TPSA) is 21.3 Å². The van der Waals surface area contributed by atoms with Crippen molar-refractivity contribution in [2.75, 3.05) is 4.90 Å². The largest absolute Gasteiger partial charge is 0.455 e. The van der Waals surface area contributed by atoms with Gasteiger partial charge in [-0.05, 0) is 112 Å². The van der Waals surface area contributed by atoms with E-state index in [1.54, 1.807) is 0 Å². The first-order valence-corrected chi connectivity index (χ1v) is 20.1. The predicted octanol–water partition coefficient (Wildman–Crippen LogP) is 15.3. The number of rotatable bonds is 5. The van der Waals surface area contributed by atoms with Gasteiger partial charge in [-0.2, -0.15) is 0 Å². The molecule has 3 nitrogen and oxygen atoms in total. The van der Waals surface area contributed by atoms with E-state index in [9.17, 15) is 0 Å². The molecular weight excluding hydrogens is 705 g/mol. The van der Waals surface area contributed by atoms with Gasteiger partial charge in [0.15, 0.2) is 0 Å². The van der Waals surface area contributed by atoms with E-state index in [2.05, 4.69) is 211 Å². The molecule has 11 aromatic rings. The molecule has 274 valence electrons. The summed E-state index contributed by atoms with van der Waals surface area (Å²) in [6, 6.07) is 70.7. The lowest BCUT2D eigenvalue weighted by Crippen LogP contribution is -2.16. The minimum atomic E-state index is -0.105. The fraction of sp³-hybridized carbons (Fsp3) is 0.0545. The number of hydrogen-bond acceptors (Lipinski definition) is 2. The van der Waals surface area contributed by atoms with Crippen molar-refractivity contribution in [2.24, 2.45) is 0 Å². The lowest BCUT2D eigenvalue weighted by Gasteiger charge is -2.28. The minimum Gasteiger partial charge on any atom is -0.455 e. The molecule has 0 N–H and O–H groups in total. The second kappa shape index (κ2) is 12.3. The third kappa shape index (κ3) is 4.74. The van der Waals surface area contributed by atoms with Crippen molar-refractivity contribution >= 4 is 71.6 Å². The zero-order chi connectivity index (χ0) is 38.5. The van der Waals surface area contributed by atoms with Crippen molar-refractivity contribution in [3.8, 4) is 27.9 Å². The van der Waals surface area contributed by atoms with E-state index in [4.69, 9.17) is 4.42 Å². The monoisotopic (exact) mass is 742 g/mol. The predicted molar refractivity (Wildman–Crippen MR) is 243 cm³/mol. The number of anilines is 3. The Morgan fingerprint density at radius 1 is 0.414 bits per heavy atom. The Bertz CT molecular complexity index is 3430. The average Bonchev–Trinajstić information content (AvgIpc) is 3.89. The number of hydrogen-bond donors (Lipinski definition) is 0. The summed E-state index contributed by atoms with van der Waals surface area (Å²) in [5.41, 5.74) is 16.3. The Kier molecular flexibility index (Phi) is 6.98. The van der Waals surface area contributed by atoms with E-state index in [1.165, 1.54) is 55.1 Å².